The van der Waals surface area contributed by atoms with Gasteiger partial charge in [0.1, 0.15) is 28.0 Å². The van der Waals surface area contributed by atoms with Gasteiger partial charge in [0.15, 0.2) is 17.4 Å². The standard InChI is InChI=1S/C17H17N3O3.C15H19N3O3.C8H6Cl2O3/c1-9(2)17(3)16(23)19-14(20-17)13-11(15(21)22)8-10-6-4-5-7-12(10)18-13;1-5-9-6-10(13(19)20)11(16-7-9)12-17-14(21)15(4,18-12)8(2)3;1-13-7-5(10)3-2-4(9)6(7)8(11)12/h4-9H,1-3H3,(H,21,22)(H,19,20,23);6-8H,5H2,1-4H3,(H,19,20)(H,17,18,21);2-3H,1H3,(H,11,12). The van der Waals surface area contributed by atoms with Crippen LogP contribution in [0.3, 0.4) is 0 Å². The first-order valence-electron chi connectivity index (χ1n) is 17.6. The fourth-order valence-electron chi connectivity index (χ4n) is 5.54. The highest BCUT2D eigenvalue weighted by molar-refractivity contribution is 6.37. The van der Waals surface area contributed by atoms with Crippen molar-refractivity contribution >= 4 is 75.5 Å². The van der Waals surface area contributed by atoms with Gasteiger partial charge in [0.2, 0.25) is 0 Å². The molecule has 4 aromatic rings. The van der Waals surface area contributed by atoms with Crippen LogP contribution in [0.2, 0.25) is 10.0 Å². The molecule has 0 saturated heterocycles. The van der Waals surface area contributed by atoms with Gasteiger partial charge >= 0.3 is 17.9 Å². The van der Waals surface area contributed by atoms with Crippen molar-refractivity contribution in [3.05, 3.63) is 98.4 Å². The number of rotatable bonds is 9. The summed E-state index contributed by atoms with van der Waals surface area (Å²) in [4.78, 5) is 75.6. The van der Waals surface area contributed by atoms with Crippen LogP contribution in [0.25, 0.3) is 10.9 Å². The Bertz CT molecular complexity index is 2350. The number of methoxy groups -OCH3 is 1. The quantitative estimate of drug-likeness (QED) is 0.121. The zero-order valence-electron chi connectivity index (χ0n) is 32.4. The van der Waals surface area contributed by atoms with Crippen molar-refractivity contribution in [2.75, 3.05) is 7.11 Å². The molecule has 2 aromatic carbocycles. The van der Waals surface area contributed by atoms with Crippen molar-refractivity contribution in [3.8, 4) is 5.75 Å². The Labute approximate surface area is 338 Å². The second-order valence-corrected chi connectivity index (χ2v) is 14.8. The second-order valence-electron chi connectivity index (χ2n) is 14.0. The third kappa shape index (κ3) is 9.05. The molecule has 6 rings (SSSR count). The number of aromatic carboxylic acids is 3. The van der Waals surface area contributed by atoms with E-state index in [1.807, 2.05) is 46.8 Å². The average molecular weight is 822 g/mol. The minimum Gasteiger partial charge on any atom is -0.494 e. The lowest BCUT2D eigenvalue weighted by Crippen LogP contribution is -2.41. The molecule has 0 radical (unpaired) electrons. The van der Waals surface area contributed by atoms with E-state index >= 15 is 0 Å². The van der Waals surface area contributed by atoms with Crippen molar-refractivity contribution in [1.82, 2.24) is 20.6 Å². The molecule has 2 aromatic heterocycles. The SMILES string of the molecule is CC(C)C1(C)N=C(c2nc3ccccc3cc2C(=O)O)NC1=O.CCc1cnc(C2=NC(C)(C(C)C)C(=O)N2)c(C(=O)O)c1.COc1c(Cl)ccc(Cl)c1C(=O)O. The molecule has 2 aliphatic rings. The largest absolute Gasteiger partial charge is 0.494 e. The maximum atomic E-state index is 12.3. The number of ether oxygens (including phenoxy) is 1. The molecule has 2 amide bonds. The molecular formula is C40H42Cl2N6O9. The molecule has 15 nitrogen and oxygen atoms in total. The van der Waals surface area contributed by atoms with Crippen molar-refractivity contribution in [2.45, 2.75) is 66.0 Å². The first-order chi connectivity index (χ1) is 26.7. The number of carbonyl (C=O) groups excluding carboxylic acids is 2. The predicted molar refractivity (Wildman–Crippen MR) is 215 cm³/mol. The maximum Gasteiger partial charge on any atom is 0.341 e. The van der Waals surface area contributed by atoms with Crippen LogP contribution in [0.1, 0.15) is 96.5 Å². The molecule has 4 heterocycles. The molecule has 0 bridgehead atoms. The molecule has 2 aliphatic heterocycles. The Kier molecular flexibility index (Phi) is 13.4. The Balaban J connectivity index is 0.000000197. The summed E-state index contributed by atoms with van der Waals surface area (Å²) in [6, 6.07) is 13.3. The number of halogens is 2. The fourth-order valence-corrected chi connectivity index (χ4v) is 6.01. The topological polar surface area (TPSA) is 230 Å². The molecule has 0 saturated carbocycles. The van der Waals surface area contributed by atoms with Gasteiger partial charge in [0.25, 0.3) is 11.8 Å². The third-order valence-corrected chi connectivity index (χ3v) is 10.4. The van der Waals surface area contributed by atoms with Crippen molar-refractivity contribution in [2.24, 2.45) is 21.8 Å². The van der Waals surface area contributed by atoms with Gasteiger partial charge in [0, 0.05) is 11.6 Å². The first-order valence-corrected chi connectivity index (χ1v) is 18.4. The number of carboxylic acids is 3. The van der Waals surface area contributed by atoms with Crippen LogP contribution >= 0.6 is 23.2 Å². The van der Waals surface area contributed by atoms with Crippen LogP contribution < -0.4 is 15.4 Å². The van der Waals surface area contributed by atoms with Gasteiger partial charge in [-0.15, -0.1) is 0 Å². The van der Waals surface area contributed by atoms with Crippen LogP contribution in [0, 0.1) is 11.8 Å². The normalized spacial score (nSPS) is 18.5. The Hall–Kier alpha value is -5.93. The summed E-state index contributed by atoms with van der Waals surface area (Å²) >= 11 is 11.4. The fraction of sp³-hybridized carbons (Fsp3) is 0.325. The van der Waals surface area contributed by atoms with E-state index in [1.54, 1.807) is 44.3 Å². The van der Waals surface area contributed by atoms with Crippen LogP contribution in [-0.2, 0) is 16.0 Å². The molecule has 17 heteroatoms. The molecule has 0 fully saturated rings. The van der Waals surface area contributed by atoms with E-state index < -0.39 is 29.0 Å². The van der Waals surface area contributed by atoms with Gasteiger partial charge in [-0.25, -0.2) is 29.4 Å². The highest BCUT2D eigenvalue weighted by Gasteiger charge is 2.44. The predicted octanol–water partition coefficient (Wildman–Crippen LogP) is 6.56. The summed E-state index contributed by atoms with van der Waals surface area (Å²) in [6.45, 7) is 13.0. The molecule has 2 unspecified atom stereocenters. The second kappa shape index (κ2) is 17.5. The molecule has 5 N–H and O–H groups in total. The number of nitrogens with zero attached hydrogens (tertiary/aromatic N) is 4. The van der Waals surface area contributed by atoms with Gasteiger partial charge in [-0.1, -0.05) is 76.0 Å². The molecule has 0 aliphatic carbocycles. The number of fused-ring (bicyclic) bond motifs is 1. The summed E-state index contributed by atoms with van der Waals surface area (Å²) in [5.74, 6) is -3.31. The van der Waals surface area contributed by atoms with Crippen LogP contribution in [0.5, 0.6) is 5.75 Å². The van der Waals surface area contributed by atoms with E-state index in [4.69, 9.17) is 33.0 Å². The lowest BCUT2D eigenvalue weighted by molar-refractivity contribution is -0.125. The Morgan fingerprint density at radius 2 is 1.28 bits per heavy atom. The molecule has 0 spiro atoms. The van der Waals surface area contributed by atoms with Crippen molar-refractivity contribution in [1.29, 1.82) is 0 Å². The first kappa shape index (κ1) is 43.8. The number of carbonyl (C=O) groups is 5. The maximum absolute atomic E-state index is 12.3. The highest BCUT2D eigenvalue weighted by Crippen LogP contribution is 2.34. The molecule has 2 atom stereocenters. The van der Waals surface area contributed by atoms with E-state index in [1.165, 1.54) is 19.2 Å². The van der Waals surface area contributed by atoms with Gasteiger partial charge in [0.05, 0.1) is 33.8 Å². The summed E-state index contributed by atoms with van der Waals surface area (Å²) in [7, 11) is 1.34. The zero-order chi connectivity index (χ0) is 42.6. The van der Waals surface area contributed by atoms with Crippen molar-refractivity contribution in [3.63, 3.8) is 0 Å². The number of amides is 2. The molecule has 300 valence electrons. The number of aromatic nitrogens is 2. The van der Waals surface area contributed by atoms with E-state index in [9.17, 15) is 34.2 Å². The van der Waals surface area contributed by atoms with Gasteiger partial charge in [-0.3, -0.25) is 14.6 Å². The number of aryl methyl sites for hydroxylation is 1. The van der Waals surface area contributed by atoms with Gasteiger partial charge in [-0.05, 0) is 68.0 Å². The molecule has 57 heavy (non-hydrogen) atoms. The van der Waals surface area contributed by atoms with Gasteiger partial charge < -0.3 is 30.7 Å². The number of amidine groups is 2. The Morgan fingerprint density at radius 3 is 1.74 bits per heavy atom. The summed E-state index contributed by atoms with van der Waals surface area (Å²) < 4.78 is 4.82. The van der Waals surface area contributed by atoms with E-state index in [-0.39, 0.29) is 79.2 Å². The minimum absolute atomic E-state index is 0.00167. The number of hydrogen-bond acceptors (Lipinski definition) is 10. The molecular weight excluding hydrogens is 779 g/mol. The van der Waals surface area contributed by atoms with E-state index in [2.05, 4.69) is 30.6 Å². The number of pyridine rings is 2. The van der Waals surface area contributed by atoms with Crippen LogP contribution in [-0.4, -0.2) is 84.9 Å². The minimum atomic E-state index is -1.16. The number of aliphatic imine (C=N–C) groups is 2. The summed E-state index contributed by atoms with van der Waals surface area (Å²) in [5.41, 5.74) is 0.0322. The smallest absolute Gasteiger partial charge is 0.341 e. The lowest BCUT2D eigenvalue weighted by atomic mass is 9.89. The van der Waals surface area contributed by atoms with E-state index in [0.717, 1.165) is 10.9 Å². The third-order valence-electron chi connectivity index (χ3n) is 9.78. The van der Waals surface area contributed by atoms with Crippen LogP contribution in [0.4, 0.5) is 0 Å². The summed E-state index contributed by atoms with van der Waals surface area (Å²) in [5, 5.41) is 34.0. The van der Waals surface area contributed by atoms with Crippen LogP contribution in [0.15, 0.2) is 64.7 Å². The number of benzene rings is 2. The van der Waals surface area contributed by atoms with Crippen molar-refractivity contribution < 1.29 is 44.0 Å². The monoisotopic (exact) mass is 820 g/mol. The summed E-state index contributed by atoms with van der Waals surface area (Å²) in [6.07, 6.45) is 2.30. The highest BCUT2D eigenvalue weighted by atomic mass is 35.5. The lowest BCUT2D eigenvalue weighted by Gasteiger charge is -2.21. The number of para-hydroxylation sites is 1. The number of nitrogens with one attached hydrogen (secondary N) is 2. The number of hydrogen-bond donors (Lipinski definition) is 5. The van der Waals surface area contributed by atoms with Gasteiger partial charge in [-0.2, -0.15) is 0 Å². The Morgan fingerprint density at radius 1 is 0.772 bits per heavy atom. The van der Waals surface area contributed by atoms with E-state index in [0.29, 0.717) is 11.9 Å². The number of carboxylic acid groups (broad SMARTS) is 3. The zero-order valence-corrected chi connectivity index (χ0v) is 33.9. The average Bonchev–Trinajstić information content (AvgIpc) is 3.66.